The Balaban J connectivity index is 1.42. The number of alkyl halides is 3. The summed E-state index contributed by atoms with van der Waals surface area (Å²) in [5.74, 6) is 0.290. The molecule has 1 aliphatic heterocycles. The summed E-state index contributed by atoms with van der Waals surface area (Å²) in [5, 5.41) is 12.8. The van der Waals surface area contributed by atoms with Gasteiger partial charge in [0.15, 0.2) is 5.82 Å². The maximum atomic E-state index is 12.8. The number of nitrogens with zero attached hydrogens (tertiary/aromatic N) is 6. The van der Waals surface area contributed by atoms with Crippen LogP contribution in [0.25, 0.3) is 0 Å². The first-order valence-corrected chi connectivity index (χ1v) is 12.8. The van der Waals surface area contributed by atoms with Gasteiger partial charge in [-0.3, -0.25) is 9.80 Å². The van der Waals surface area contributed by atoms with Crippen LogP contribution in [-0.4, -0.2) is 68.6 Å². The van der Waals surface area contributed by atoms with Crippen LogP contribution in [0.3, 0.4) is 0 Å². The van der Waals surface area contributed by atoms with Gasteiger partial charge in [0.1, 0.15) is 5.76 Å². The Morgan fingerprint density at radius 1 is 1.06 bits per heavy atom. The second kappa shape index (κ2) is 10.7. The molecule has 10 heteroatoms. The molecule has 0 amide bonds. The maximum Gasteiger partial charge on any atom is 0.573 e. The van der Waals surface area contributed by atoms with Gasteiger partial charge in [0.2, 0.25) is 0 Å². The van der Waals surface area contributed by atoms with Crippen LogP contribution in [0, 0.1) is 11.8 Å². The van der Waals surface area contributed by atoms with Crippen LogP contribution >= 0.6 is 0 Å². The van der Waals surface area contributed by atoms with E-state index in [1.165, 1.54) is 25.3 Å². The number of rotatable bonds is 7. The molecule has 194 valence electrons. The van der Waals surface area contributed by atoms with Gasteiger partial charge in [-0.15, -0.1) is 18.3 Å². The number of tetrazole rings is 1. The van der Waals surface area contributed by atoms with E-state index >= 15 is 0 Å². The molecular weight excluding hydrogens is 469 g/mol. The minimum Gasteiger partial charge on any atom is -0.406 e. The number of allylic oxidation sites excluding steroid dienone is 2. The first kappa shape index (κ1) is 25.0. The summed E-state index contributed by atoms with van der Waals surface area (Å²) >= 11 is 0. The highest BCUT2D eigenvalue weighted by atomic mass is 19.4. The van der Waals surface area contributed by atoms with Crippen LogP contribution in [0.15, 0.2) is 54.3 Å². The monoisotopic (exact) mass is 502 g/mol. The highest BCUT2D eigenvalue weighted by Crippen LogP contribution is 2.39. The van der Waals surface area contributed by atoms with Gasteiger partial charge in [-0.05, 0) is 59.9 Å². The Hall–Kier alpha value is -2.72. The molecule has 1 aromatic carbocycles. The predicted octanol–water partition coefficient (Wildman–Crippen LogP) is 4.57. The van der Waals surface area contributed by atoms with Crippen molar-refractivity contribution in [1.82, 2.24) is 30.0 Å². The largest absolute Gasteiger partial charge is 0.573 e. The van der Waals surface area contributed by atoms with Crippen molar-refractivity contribution in [3.05, 3.63) is 65.7 Å². The molecule has 0 radical (unpaired) electrons. The van der Waals surface area contributed by atoms with Crippen molar-refractivity contribution in [3.63, 3.8) is 0 Å². The zero-order valence-corrected chi connectivity index (χ0v) is 20.5. The third kappa shape index (κ3) is 5.81. The van der Waals surface area contributed by atoms with Gasteiger partial charge in [-0.1, -0.05) is 49.8 Å². The van der Waals surface area contributed by atoms with E-state index in [9.17, 15) is 13.2 Å². The van der Waals surface area contributed by atoms with Crippen molar-refractivity contribution < 1.29 is 17.9 Å². The van der Waals surface area contributed by atoms with Crippen LogP contribution in [0.5, 0.6) is 0 Å². The summed E-state index contributed by atoms with van der Waals surface area (Å²) in [6.07, 6.45) is 5.02. The average molecular weight is 503 g/mol. The molecule has 7 nitrogen and oxygen atoms in total. The second-order valence-electron chi connectivity index (χ2n) is 10.0. The fourth-order valence-electron chi connectivity index (χ4n) is 5.63. The molecule has 0 spiro atoms. The van der Waals surface area contributed by atoms with Gasteiger partial charge in [0.25, 0.3) is 0 Å². The number of hydrogen-bond donors (Lipinski definition) is 0. The molecule has 0 bridgehead atoms. The Labute approximate surface area is 209 Å². The highest BCUT2D eigenvalue weighted by molar-refractivity contribution is 5.24. The molecule has 1 saturated carbocycles. The van der Waals surface area contributed by atoms with Gasteiger partial charge in [-0.2, -0.15) is 0 Å². The van der Waals surface area contributed by atoms with Crippen LogP contribution < -0.4 is 0 Å². The molecule has 2 aliphatic carbocycles. The minimum absolute atomic E-state index is 0.0960. The van der Waals surface area contributed by atoms with Gasteiger partial charge in [0.05, 0.1) is 12.6 Å². The topological polar surface area (TPSA) is 59.3 Å². The van der Waals surface area contributed by atoms with E-state index in [0.717, 1.165) is 44.0 Å². The van der Waals surface area contributed by atoms with Crippen molar-refractivity contribution in [1.29, 1.82) is 0 Å². The highest BCUT2D eigenvalue weighted by Gasteiger charge is 2.39. The molecular formula is C26H33F3N6O. The summed E-state index contributed by atoms with van der Waals surface area (Å²) in [5.41, 5.74) is 1.09. The van der Waals surface area contributed by atoms with E-state index < -0.39 is 6.36 Å². The number of benzene rings is 1. The molecule has 2 heterocycles. The lowest BCUT2D eigenvalue weighted by atomic mass is 9.82. The van der Waals surface area contributed by atoms with E-state index in [1.807, 2.05) is 48.0 Å². The van der Waals surface area contributed by atoms with Crippen molar-refractivity contribution in [3.8, 4) is 0 Å². The van der Waals surface area contributed by atoms with Crippen molar-refractivity contribution >= 4 is 0 Å². The lowest BCUT2D eigenvalue weighted by Gasteiger charge is -2.39. The summed E-state index contributed by atoms with van der Waals surface area (Å²) in [4.78, 5) is 5.03. The van der Waals surface area contributed by atoms with Gasteiger partial charge in [-0.25, -0.2) is 4.68 Å². The summed E-state index contributed by atoms with van der Waals surface area (Å²) in [7, 11) is 0. The molecule has 2 aromatic rings. The molecule has 3 atom stereocenters. The first-order chi connectivity index (χ1) is 17.4. The van der Waals surface area contributed by atoms with Crippen LogP contribution in [0.4, 0.5) is 13.2 Å². The molecule has 3 unspecified atom stereocenters. The third-order valence-electron chi connectivity index (χ3n) is 7.66. The maximum absolute atomic E-state index is 12.8. The molecule has 0 N–H and O–H groups in total. The van der Waals surface area contributed by atoms with Crippen molar-refractivity contribution in [2.45, 2.75) is 57.6 Å². The van der Waals surface area contributed by atoms with Gasteiger partial charge < -0.3 is 4.74 Å². The molecule has 3 aliphatic rings. The average Bonchev–Trinajstić information content (AvgIpc) is 3.11. The lowest BCUT2D eigenvalue weighted by Crippen LogP contribution is -2.43. The molecule has 5 rings (SSSR count). The molecule has 1 aromatic heterocycles. The van der Waals surface area contributed by atoms with Crippen LogP contribution in [-0.2, 0) is 11.3 Å². The zero-order valence-electron chi connectivity index (χ0n) is 20.5. The Bertz CT molecular complexity index is 1070. The lowest BCUT2D eigenvalue weighted by molar-refractivity contribution is -0.303. The quantitative estimate of drug-likeness (QED) is 0.553. The van der Waals surface area contributed by atoms with E-state index in [0.29, 0.717) is 12.6 Å². The molecule has 36 heavy (non-hydrogen) atoms. The van der Waals surface area contributed by atoms with Gasteiger partial charge in [0, 0.05) is 31.6 Å². The Kier molecular flexibility index (Phi) is 7.43. The SMILES string of the molecule is CC1C=C(OC(F)(F)F)C=CC1C(c1nnnn1Cc1ccccc1)N1CCCN(C2CCC2)CC1. The smallest absolute Gasteiger partial charge is 0.406 e. The summed E-state index contributed by atoms with van der Waals surface area (Å²) in [6.45, 7) is 6.27. The van der Waals surface area contributed by atoms with E-state index in [4.69, 9.17) is 0 Å². The zero-order chi connectivity index (χ0) is 25.1. The molecule has 1 saturated heterocycles. The van der Waals surface area contributed by atoms with Crippen molar-refractivity contribution in [2.24, 2.45) is 11.8 Å². The van der Waals surface area contributed by atoms with Crippen LogP contribution in [0.2, 0.25) is 0 Å². The van der Waals surface area contributed by atoms with Gasteiger partial charge >= 0.3 is 6.36 Å². The summed E-state index contributed by atoms with van der Waals surface area (Å²) in [6, 6.07) is 10.5. The predicted molar refractivity (Wildman–Crippen MR) is 129 cm³/mol. The van der Waals surface area contributed by atoms with Crippen molar-refractivity contribution in [2.75, 3.05) is 26.2 Å². The second-order valence-corrected chi connectivity index (χ2v) is 10.0. The number of hydrogen-bond acceptors (Lipinski definition) is 6. The first-order valence-electron chi connectivity index (χ1n) is 12.8. The van der Waals surface area contributed by atoms with E-state index in [2.05, 4.69) is 30.1 Å². The third-order valence-corrected chi connectivity index (χ3v) is 7.66. The molecule has 2 fully saturated rings. The fourth-order valence-corrected chi connectivity index (χ4v) is 5.63. The number of aromatic nitrogens is 4. The fraction of sp³-hybridized carbons (Fsp3) is 0.577. The summed E-state index contributed by atoms with van der Waals surface area (Å²) < 4.78 is 44.6. The van der Waals surface area contributed by atoms with Crippen LogP contribution in [0.1, 0.15) is 50.0 Å². The Morgan fingerprint density at radius 2 is 1.86 bits per heavy atom. The minimum atomic E-state index is -4.71. The number of halogens is 3. The standard InChI is InChI=1S/C26H33F3N6O/c1-19-17-22(36-26(27,28)29)11-12-23(19)24(34-14-6-13-33(15-16-34)21-9-5-10-21)25-30-31-32-35(25)18-20-7-3-2-4-8-20/h2-4,7-8,11-12,17,19,21,23-24H,5-6,9-10,13-16,18H2,1H3. The van der Waals surface area contributed by atoms with E-state index in [1.54, 1.807) is 6.08 Å². The number of ether oxygens (including phenoxy) is 1. The normalized spacial score (nSPS) is 25.2. The van der Waals surface area contributed by atoms with E-state index in [-0.39, 0.29) is 23.6 Å². The Morgan fingerprint density at radius 3 is 2.56 bits per heavy atom.